The molecule has 82 valence electrons. The third-order valence-corrected chi connectivity index (χ3v) is 2.68. The average Bonchev–Trinajstić information content (AvgIpc) is 2.67. The van der Waals surface area contributed by atoms with Crippen molar-refractivity contribution in [3.63, 3.8) is 0 Å². The molecule has 1 unspecified atom stereocenters. The summed E-state index contributed by atoms with van der Waals surface area (Å²) in [5.74, 6) is -0.374. The fourth-order valence-electron chi connectivity index (χ4n) is 1.72. The van der Waals surface area contributed by atoms with Crippen LogP contribution in [0.25, 0.3) is 0 Å². The number of aliphatic hydroxyl groups excluding tert-OH is 1. The fourth-order valence-corrected chi connectivity index (χ4v) is 1.72. The van der Waals surface area contributed by atoms with Crippen molar-refractivity contribution in [2.45, 2.75) is 44.5 Å². The van der Waals surface area contributed by atoms with Gasteiger partial charge in [-0.1, -0.05) is 13.0 Å². The third kappa shape index (κ3) is 3.08. The second kappa shape index (κ2) is 5.49. The van der Waals surface area contributed by atoms with E-state index in [1.54, 1.807) is 6.08 Å². The minimum absolute atomic E-state index is 0.374. The second-order valence-electron chi connectivity index (χ2n) is 3.66. The van der Waals surface area contributed by atoms with Gasteiger partial charge in [0.2, 0.25) is 0 Å². The standard InChI is InChI=1S/C11H20O3/c1-3-10(12)6-5-7-11(4-2)13-8-9-14-11/h3,10,12H,1,4-9H2,2H3. The van der Waals surface area contributed by atoms with E-state index in [1.807, 2.05) is 0 Å². The minimum atomic E-state index is -0.398. The number of ether oxygens (including phenoxy) is 2. The maximum absolute atomic E-state index is 9.29. The van der Waals surface area contributed by atoms with Crippen LogP contribution in [0.15, 0.2) is 12.7 Å². The van der Waals surface area contributed by atoms with E-state index in [0.717, 1.165) is 25.7 Å². The summed E-state index contributed by atoms with van der Waals surface area (Å²) in [4.78, 5) is 0. The first kappa shape index (κ1) is 11.7. The monoisotopic (exact) mass is 200 g/mol. The Balaban J connectivity index is 2.24. The number of aliphatic hydroxyl groups is 1. The molecule has 0 aromatic carbocycles. The van der Waals surface area contributed by atoms with Gasteiger partial charge in [-0.2, -0.15) is 0 Å². The van der Waals surface area contributed by atoms with E-state index < -0.39 is 6.10 Å². The van der Waals surface area contributed by atoms with Crippen LogP contribution in [0.5, 0.6) is 0 Å². The van der Waals surface area contributed by atoms with Crippen molar-refractivity contribution in [1.82, 2.24) is 0 Å². The number of hydrogen-bond acceptors (Lipinski definition) is 3. The van der Waals surface area contributed by atoms with Crippen molar-refractivity contribution in [3.05, 3.63) is 12.7 Å². The molecule has 3 heteroatoms. The van der Waals surface area contributed by atoms with Crippen LogP contribution in [-0.4, -0.2) is 30.2 Å². The van der Waals surface area contributed by atoms with Crippen LogP contribution in [0.1, 0.15) is 32.6 Å². The molecule has 0 aromatic rings. The molecule has 0 saturated carbocycles. The zero-order chi connectivity index (χ0) is 10.4. The zero-order valence-corrected chi connectivity index (χ0v) is 8.87. The van der Waals surface area contributed by atoms with Crippen LogP contribution in [0.4, 0.5) is 0 Å². The zero-order valence-electron chi connectivity index (χ0n) is 8.87. The lowest BCUT2D eigenvalue weighted by Gasteiger charge is -2.25. The van der Waals surface area contributed by atoms with Gasteiger partial charge in [0.25, 0.3) is 0 Å². The van der Waals surface area contributed by atoms with Gasteiger partial charge in [-0.15, -0.1) is 6.58 Å². The molecule has 1 rings (SSSR count). The highest BCUT2D eigenvalue weighted by Crippen LogP contribution is 2.29. The molecule has 1 heterocycles. The van der Waals surface area contributed by atoms with Gasteiger partial charge in [-0.3, -0.25) is 0 Å². The summed E-state index contributed by atoms with van der Waals surface area (Å²) in [7, 11) is 0. The van der Waals surface area contributed by atoms with E-state index in [2.05, 4.69) is 13.5 Å². The average molecular weight is 200 g/mol. The summed E-state index contributed by atoms with van der Waals surface area (Å²) in [6, 6.07) is 0. The van der Waals surface area contributed by atoms with Crippen LogP contribution in [0.3, 0.4) is 0 Å². The Morgan fingerprint density at radius 2 is 2.14 bits per heavy atom. The molecule has 1 aliphatic heterocycles. The van der Waals surface area contributed by atoms with Gasteiger partial charge in [0.1, 0.15) is 0 Å². The molecule has 0 bridgehead atoms. The molecule has 1 atom stereocenters. The highest BCUT2D eigenvalue weighted by Gasteiger charge is 2.33. The number of hydrogen-bond donors (Lipinski definition) is 1. The summed E-state index contributed by atoms with van der Waals surface area (Å²) < 4.78 is 11.2. The van der Waals surface area contributed by atoms with E-state index in [4.69, 9.17) is 9.47 Å². The summed E-state index contributed by atoms with van der Waals surface area (Å²) in [5.41, 5.74) is 0. The quantitative estimate of drug-likeness (QED) is 0.665. The maximum Gasteiger partial charge on any atom is 0.168 e. The summed E-state index contributed by atoms with van der Waals surface area (Å²) >= 11 is 0. The Hall–Kier alpha value is -0.380. The van der Waals surface area contributed by atoms with Crippen LogP contribution in [0, 0.1) is 0 Å². The molecule has 0 aromatic heterocycles. The first-order valence-corrected chi connectivity index (χ1v) is 5.31. The van der Waals surface area contributed by atoms with Crippen LogP contribution in [0.2, 0.25) is 0 Å². The first-order chi connectivity index (χ1) is 6.72. The Labute approximate surface area is 85.7 Å². The predicted molar refractivity (Wildman–Crippen MR) is 55.0 cm³/mol. The predicted octanol–water partition coefficient (Wildman–Crippen LogP) is 1.86. The molecule has 0 aliphatic carbocycles. The van der Waals surface area contributed by atoms with Crippen molar-refractivity contribution in [1.29, 1.82) is 0 Å². The van der Waals surface area contributed by atoms with E-state index >= 15 is 0 Å². The smallest absolute Gasteiger partial charge is 0.168 e. The molecule has 0 amide bonds. The molecular weight excluding hydrogens is 180 g/mol. The van der Waals surface area contributed by atoms with Gasteiger partial charge in [0, 0.05) is 6.42 Å². The van der Waals surface area contributed by atoms with E-state index in [9.17, 15) is 5.11 Å². The van der Waals surface area contributed by atoms with Gasteiger partial charge in [0.15, 0.2) is 5.79 Å². The number of rotatable bonds is 6. The minimum Gasteiger partial charge on any atom is -0.389 e. The molecular formula is C11H20O3. The molecule has 0 spiro atoms. The highest BCUT2D eigenvalue weighted by molar-refractivity contribution is 4.79. The molecule has 14 heavy (non-hydrogen) atoms. The topological polar surface area (TPSA) is 38.7 Å². The van der Waals surface area contributed by atoms with Crippen LogP contribution >= 0.6 is 0 Å². The second-order valence-corrected chi connectivity index (χ2v) is 3.66. The third-order valence-electron chi connectivity index (χ3n) is 2.68. The van der Waals surface area contributed by atoms with Crippen molar-refractivity contribution >= 4 is 0 Å². The lowest BCUT2D eigenvalue weighted by atomic mass is 10.0. The normalized spacial score (nSPS) is 22.1. The summed E-state index contributed by atoms with van der Waals surface area (Å²) in [6.45, 7) is 6.99. The highest BCUT2D eigenvalue weighted by atomic mass is 16.7. The van der Waals surface area contributed by atoms with Gasteiger partial charge < -0.3 is 14.6 Å². The van der Waals surface area contributed by atoms with Gasteiger partial charge >= 0.3 is 0 Å². The molecule has 1 N–H and O–H groups in total. The fraction of sp³-hybridized carbons (Fsp3) is 0.818. The van der Waals surface area contributed by atoms with Gasteiger partial charge in [0.05, 0.1) is 19.3 Å². The maximum atomic E-state index is 9.29. The Morgan fingerprint density at radius 1 is 1.50 bits per heavy atom. The van der Waals surface area contributed by atoms with Crippen molar-refractivity contribution in [2.75, 3.05) is 13.2 Å². The van der Waals surface area contributed by atoms with E-state index in [1.165, 1.54) is 0 Å². The van der Waals surface area contributed by atoms with E-state index in [0.29, 0.717) is 13.2 Å². The van der Waals surface area contributed by atoms with Gasteiger partial charge in [-0.05, 0) is 19.3 Å². The molecule has 0 radical (unpaired) electrons. The SMILES string of the molecule is C=CC(O)CCCC1(CC)OCCO1. The lowest BCUT2D eigenvalue weighted by molar-refractivity contribution is -0.165. The van der Waals surface area contributed by atoms with Crippen LogP contribution < -0.4 is 0 Å². The Morgan fingerprint density at radius 3 is 2.64 bits per heavy atom. The largest absolute Gasteiger partial charge is 0.389 e. The van der Waals surface area contributed by atoms with Crippen molar-refractivity contribution in [3.8, 4) is 0 Å². The summed E-state index contributed by atoms with van der Waals surface area (Å²) in [5, 5.41) is 9.29. The Bertz CT molecular complexity index is 173. The molecule has 1 saturated heterocycles. The van der Waals surface area contributed by atoms with Gasteiger partial charge in [-0.25, -0.2) is 0 Å². The molecule has 3 nitrogen and oxygen atoms in total. The Kier molecular flexibility index (Phi) is 4.58. The lowest BCUT2D eigenvalue weighted by Crippen LogP contribution is -2.29. The molecule has 1 aliphatic rings. The van der Waals surface area contributed by atoms with Crippen LogP contribution in [-0.2, 0) is 9.47 Å². The van der Waals surface area contributed by atoms with Crippen molar-refractivity contribution < 1.29 is 14.6 Å². The molecule has 1 fully saturated rings. The first-order valence-electron chi connectivity index (χ1n) is 5.31. The van der Waals surface area contributed by atoms with Crippen molar-refractivity contribution in [2.24, 2.45) is 0 Å². The van der Waals surface area contributed by atoms with E-state index in [-0.39, 0.29) is 5.79 Å². The summed E-state index contributed by atoms with van der Waals surface area (Å²) in [6.07, 6.45) is 4.53.